The van der Waals surface area contributed by atoms with Gasteiger partial charge >= 0.3 is 5.97 Å². The van der Waals surface area contributed by atoms with E-state index in [0.717, 1.165) is 0 Å². The van der Waals surface area contributed by atoms with E-state index in [2.05, 4.69) is 16.2 Å². The molecule has 1 aromatic heterocycles. The Labute approximate surface area is 161 Å². The Hall–Kier alpha value is -3.36. The Morgan fingerprint density at radius 1 is 1.15 bits per heavy atom. The van der Waals surface area contributed by atoms with E-state index in [9.17, 15) is 9.59 Å². The van der Waals surface area contributed by atoms with Crippen molar-refractivity contribution >= 4 is 34.4 Å². The maximum absolute atomic E-state index is 12.6. The van der Waals surface area contributed by atoms with Crippen LogP contribution in [0.25, 0.3) is 22.2 Å². The number of terminal acetylenes is 1. The van der Waals surface area contributed by atoms with Crippen LogP contribution in [0.5, 0.6) is 0 Å². The van der Waals surface area contributed by atoms with Crippen molar-refractivity contribution in [2.45, 2.75) is 0 Å². The van der Waals surface area contributed by atoms with Gasteiger partial charge in [0.2, 0.25) is 0 Å². The lowest BCUT2D eigenvalue weighted by atomic mass is 10.0. The second-order valence-corrected chi connectivity index (χ2v) is 6.02. The van der Waals surface area contributed by atoms with Gasteiger partial charge in [-0.15, -0.1) is 6.42 Å². The highest BCUT2D eigenvalue weighted by atomic mass is 35.5. The standard InChI is InChI=1S/C21H15ClN2O3/c1-2-11-23-20(25)13-27-21(26)16-12-19(15-8-3-5-9-17(15)22)24-18-10-6-4-7-14(16)18/h1,3-10,12H,11,13H2,(H,23,25). The molecule has 0 radical (unpaired) electrons. The number of aromatic nitrogens is 1. The van der Waals surface area contributed by atoms with Gasteiger partial charge in [-0.25, -0.2) is 9.78 Å². The number of carbonyl (C=O) groups excluding carboxylic acids is 2. The molecule has 27 heavy (non-hydrogen) atoms. The number of para-hydroxylation sites is 1. The van der Waals surface area contributed by atoms with Crippen LogP contribution in [-0.4, -0.2) is 30.0 Å². The van der Waals surface area contributed by atoms with Crippen molar-refractivity contribution < 1.29 is 14.3 Å². The predicted molar refractivity (Wildman–Crippen MR) is 104 cm³/mol. The number of benzene rings is 2. The Balaban J connectivity index is 1.96. The minimum absolute atomic E-state index is 0.0746. The Morgan fingerprint density at radius 3 is 2.67 bits per heavy atom. The van der Waals surface area contributed by atoms with E-state index in [1.54, 1.807) is 30.3 Å². The molecule has 134 valence electrons. The largest absolute Gasteiger partial charge is 0.452 e. The first-order chi connectivity index (χ1) is 13.1. The molecule has 3 rings (SSSR count). The van der Waals surface area contributed by atoms with Gasteiger partial charge in [-0.05, 0) is 18.2 Å². The first kappa shape index (κ1) is 18.4. The fraction of sp³-hybridized carbons (Fsp3) is 0.0952. The van der Waals surface area contributed by atoms with E-state index in [1.807, 2.05) is 24.3 Å². The zero-order valence-electron chi connectivity index (χ0n) is 14.2. The van der Waals surface area contributed by atoms with Gasteiger partial charge in [-0.3, -0.25) is 4.79 Å². The van der Waals surface area contributed by atoms with Gasteiger partial charge in [0.25, 0.3) is 5.91 Å². The van der Waals surface area contributed by atoms with Gasteiger partial charge in [0.1, 0.15) is 0 Å². The van der Waals surface area contributed by atoms with Crippen LogP contribution in [0.4, 0.5) is 0 Å². The van der Waals surface area contributed by atoms with Crippen molar-refractivity contribution in [3.05, 3.63) is 65.2 Å². The minimum atomic E-state index is -0.627. The van der Waals surface area contributed by atoms with Crippen LogP contribution in [0.2, 0.25) is 5.02 Å². The van der Waals surface area contributed by atoms with Crippen LogP contribution in [0, 0.1) is 12.3 Å². The second-order valence-electron chi connectivity index (χ2n) is 5.61. The van der Waals surface area contributed by atoms with Crippen molar-refractivity contribution in [1.29, 1.82) is 0 Å². The van der Waals surface area contributed by atoms with Gasteiger partial charge in [-0.2, -0.15) is 0 Å². The smallest absolute Gasteiger partial charge is 0.339 e. The third kappa shape index (κ3) is 4.25. The van der Waals surface area contributed by atoms with Gasteiger partial charge in [0.15, 0.2) is 6.61 Å². The first-order valence-electron chi connectivity index (χ1n) is 8.12. The summed E-state index contributed by atoms with van der Waals surface area (Å²) in [6, 6.07) is 16.0. The van der Waals surface area contributed by atoms with Crippen LogP contribution < -0.4 is 5.32 Å². The molecule has 0 aliphatic rings. The van der Waals surface area contributed by atoms with Gasteiger partial charge in [0.05, 0.1) is 23.3 Å². The molecule has 5 nitrogen and oxygen atoms in total. The van der Waals surface area contributed by atoms with Crippen LogP contribution in [-0.2, 0) is 9.53 Å². The molecule has 0 atom stereocenters. The molecule has 1 amide bonds. The molecule has 6 heteroatoms. The predicted octanol–water partition coefficient (Wildman–Crippen LogP) is 3.46. The molecule has 0 saturated heterocycles. The van der Waals surface area contributed by atoms with Crippen LogP contribution in [0.1, 0.15) is 10.4 Å². The number of halogens is 1. The van der Waals surface area contributed by atoms with Crippen molar-refractivity contribution in [2.24, 2.45) is 0 Å². The fourth-order valence-corrected chi connectivity index (χ4v) is 2.79. The van der Waals surface area contributed by atoms with Crippen LogP contribution in [0.3, 0.4) is 0 Å². The molecule has 1 N–H and O–H groups in total. The maximum atomic E-state index is 12.6. The zero-order chi connectivity index (χ0) is 19.2. The van der Waals surface area contributed by atoms with Crippen LogP contribution >= 0.6 is 11.6 Å². The summed E-state index contributed by atoms with van der Waals surface area (Å²) in [4.78, 5) is 28.8. The number of hydrogen-bond donors (Lipinski definition) is 1. The number of fused-ring (bicyclic) bond motifs is 1. The first-order valence-corrected chi connectivity index (χ1v) is 8.50. The molecule has 0 saturated carbocycles. The SMILES string of the molecule is C#CCNC(=O)COC(=O)c1cc(-c2ccccc2Cl)nc2ccccc12. The highest BCUT2D eigenvalue weighted by Gasteiger charge is 2.17. The van der Waals surface area contributed by atoms with Gasteiger partial charge in [0, 0.05) is 16.0 Å². The topological polar surface area (TPSA) is 68.3 Å². The molecule has 0 spiro atoms. The highest BCUT2D eigenvalue weighted by Crippen LogP contribution is 2.30. The normalized spacial score (nSPS) is 10.2. The summed E-state index contributed by atoms with van der Waals surface area (Å²) < 4.78 is 5.14. The average molecular weight is 379 g/mol. The molecular formula is C21H15ClN2O3. The Morgan fingerprint density at radius 2 is 1.89 bits per heavy atom. The number of nitrogens with zero attached hydrogens (tertiary/aromatic N) is 1. The molecule has 2 aromatic carbocycles. The highest BCUT2D eigenvalue weighted by molar-refractivity contribution is 6.33. The number of rotatable bonds is 5. The summed E-state index contributed by atoms with van der Waals surface area (Å²) in [6.45, 7) is -0.343. The molecule has 0 bridgehead atoms. The zero-order valence-corrected chi connectivity index (χ0v) is 15.0. The number of amides is 1. The van der Waals surface area contributed by atoms with E-state index in [0.29, 0.717) is 32.7 Å². The molecule has 0 unspecified atom stereocenters. The lowest BCUT2D eigenvalue weighted by Crippen LogP contribution is -2.29. The van der Waals surface area contributed by atoms with Crippen LogP contribution in [0.15, 0.2) is 54.6 Å². The van der Waals surface area contributed by atoms with Crippen molar-refractivity contribution in [3.63, 3.8) is 0 Å². The molecule has 1 heterocycles. The van der Waals surface area contributed by atoms with Crippen molar-refractivity contribution in [3.8, 4) is 23.6 Å². The summed E-state index contributed by atoms with van der Waals surface area (Å²) in [6.07, 6.45) is 5.08. The van der Waals surface area contributed by atoms with Gasteiger partial charge in [-0.1, -0.05) is 53.9 Å². The van der Waals surface area contributed by atoms with E-state index in [1.165, 1.54) is 0 Å². The third-order valence-electron chi connectivity index (χ3n) is 3.81. The van der Waals surface area contributed by atoms with Gasteiger partial charge < -0.3 is 10.1 Å². The van der Waals surface area contributed by atoms with E-state index in [-0.39, 0.29) is 6.54 Å². The van der Waals surface area contributed by atoms with E-state index in [4.69, 9.17) is 22.8 Å². The number of nitrogens with one attached hydrogen (secondary N) is 1. The summed E-state index contributed by atoms with van der Waals surface area (Å²) >= 11 is 6.27. The molecule has 0 aliphatic carbocycles. The summed E-state index contributed by atoms with van der Waals surface area (Å²) in [5.74, 6) is 1.19. The van der Waals surface area contributed by atoms with E-state index < -0.39 is 18.5 Å². The van der Waals surface area contributed by atoms with Crippen molar-refractivity contribution in [1.82, 2.24) is 10.3 Å². The molecule has 0 aliphatic heterocycles. The Bertz CT molecular complexity index is 1060. The number of esters is 1. The lowest BCUT2D eigenvalue weighted by molar-refractivity contribution is -0.123. The Kier molecular flexibility index (Phi) is 5.70. The van der Waals surface area contributed by atoms with Crippen molar-refractivity contribution in [2.75, 3.05) is 13.2 Å². The summed E-state index contributed by atoms with van der Waals surface area (Å²) in [7, 11) is 0. The number of ether oxygens (including phenoxy) is 1. The summed E-state index contributed by atoms with van der Waals surface area (Å²) in [5, 5.41) is 3.59. The third-order valence-corrected chi connectivity index (χ3v) is 4.14. The van der Waals surface area contributed by atoms with E-state index >= 15 is 0 Å². The average Bonchev–Trinajstić information content (AvgIpc) is 2.70. The molecule has 3 aromatic rings. The molecular weight excluding hydrogens is 364 g/mol. The maximum Gasteiger partial charge on any atom is 0.339 e. The minimum Gasteiger partial charge on any atom is -0.452 e. The second kappa shape index (κ2) is 8.35. The molecule has 0 fully saturated rings. The lowest BCUT2D eigenvalue weighted by Gasteiger charge is -2.11. The number of pyridine rings is 1. The number of hydrogen-bond acceptors (Lipinski definition) is 4. The number of carbonyl (C=O) groups is 2. The quantitative estimate of drug-likeness (QED) is 0.545. The summed E-state index contributed by atoms with van der Waals surface area (Å²) in [5.41, 5.74) is 2.17. The monoisotopic (exact) mass is 378 g/mol. The fourth-order valence-electron chi connectivity index (χ4n) is 2.56.